The second-order valence-electron chi connectivity index (χ2n) is 8.11. The maximum Gasteiger partial charge on any atom is 0.326 e. The van der Waals surface area contributed by atoms with Crippen LogP contribution in [0.5, 0.6) is 0 Å². The fourth-order valence-corrected chi connectivity index (χ4v) is 4.13. The Kier molecular flexibility index (Phi) is 6.09. The zero-order valence-electron chi connectivity index (χ0n) is 18.9. The van der Waals surface area contributed by atoms with Gasteiger partial charge in [0, 0.05) is 23.9 Å². The van der Waals surface area contributed by atoms with Crippen molar-refractivity contribution in [1.82, 2.24) is 14.7 Å². The predicted molar refractivity (Wildman–Crippen MR) is 122 cm³/mol. The van der Waals surface area contributed by atoms with Crippen LogP contribution in [0.3, 0.4) is 0 Å². The van der Waals surface area contributed by atoms with E-state index in [-0.39, 0.29) is 23.4 Å². The summed E-state index contributed by atoms with van der Waals surface area (Å²) in [6.45, 7) is 6.00. The van der Waals surface area contributed by atoms with Gasteiger partial charge in [-0.3, -0.25) is 24.4 Å². The molecule has 8 heteroatoms. The molecule has 0 fully saturated rings. The fraction of sp³-hybridized carbons (Fsp3) is 0.280. The summed E-state index contributed by atoms with van der Waals surface area (Å²) in [5.74, 6) is -1.32. The van der Waals surface area contributed by atoms with Gasteiger partial charge in [0.05, 0.1) is 11.3 Å². The molecule has 1 N–H and O–H groups in total. The lowest BCUT2D eigenvalue weighted by Crippen LogP contribution is -2.40. The van der Waals surface area contributed by atoms with Gasteiger partial charge >= 0.3 is 5.91 Å². The second-order valence-corrected chi connectivity index (χ2v) is 8.11. The number of hydrogen-bond acceptors (Lipinski definition) is 3. The van der Waals surface area contributed by atoms with Crippen LogP contribution in [-0.2, 0) is 16.0 Å². The summed E-state index contributed by atoms with van der Waals surface area (Å²) in [5, 5.41) is 3.09. The second kappa shape index (κ2) is 8.97. The van der Waals surface area contributed by atoms with Crippen LogP contribution in [0.1, 0.15) is 43.5 Å². The van der Waals surface area contributed by atoms with E-state index in [9.17, 15) is 18.8 Å². The Bertz CT molecular complexity index is 1320. The number of halogens is 1. The zero-order valence-corrected chi connectivity index (χ0v) is 18.9. The Morgan fingerprint density at radius 1 is 1.00 bits per heavy atom. The molecule has 1 aromatic carbocycles. The maximum absolute atomic E-state index is 13.6. The summed E-state index contributed by atoms with van der Waals surface area (Å²) in [5.41, 5.74) is 1.90. The molecule has 0 bridgehead atoms. The summed E-state index contributed by atoms with van der Waals surface area (Å²) < 4.78 is 16.4. The van der Waals surface area contributed by atoms with Crippen molar-refractivity contribution in [2.75, 3.05) is 6.54 Å². The third kappa shape index (κ3) is 3.92. The van der Waals surface area contributed by atoms with Crippen LogP contribution in [0.15, 0.2) is 53.6 Å². The van der Waals surface area contributed by atoms with Crippen LogP contribution >= 0.6 is 0 Å². The SMILES string of the molecule is CCCc1[nH]n(-c2ccc(F)cc2)c(=O)c1C1=C([n+]2cccc(C)c2)C(=O)N(CCC)C1=O. The number of nitrogens with one attached hydrogen (secondary N) is 1. The molecule has 1 aliphatic rings. The molecule has 1 aliphatic heterocycles. The van der Waals surface area contributed by atoms with Gasteiger partial charge in [-0.15, -0.1) is 0 Å². The van der Waals surface area contributed by atoms with E-state index in [4.69, 9.17) is 0 Å². The average Bonchev–Trinajstić information content (AvgIpc) is 3.23. The number of pyridine rings is 1. The Balaban J connectivity index is 2.01. The summed E-state index contributed by atoms with van der Waals surface area (Å²) in [6.07, 6.45) is 5.29. The molecule has 0 unspecified atom stereocenters. The van der Waals surface area contributed by atoms with E-state index in [0.29, 0.717) is 24.2 Å². The van der Waals surface area contributed by atoms with Crippen molar-refractivity contribution < 1.29 is 18.5 Å². The summed E-state index contributed by atoms with van der Waals surface area (Å²) in [4.78, 5) is 41.7. The van der Waals surface area contributed by atoms with Crippen LogP contribution in [0.25, 0.3) is 17.0 Å². The molecule has 170 valence electrons. The number of nitrogens with zero attached hydrogens (tertiary/aromatic N) is 3. The number of aromatic nitrogens is 3. The van der Waals surface area contributed by atoms with Crippen LogP contribution in [-0.4, -0.2) is 33.0 Å². The number of carbonyl (C=O) groups excluding carboxylic acids is 2. The van der Waals surface area contributed by atoms with E-state index < -0.39 is 23.2 Å². The number of imide groups is 1. The van der Waals surface area contributed by atoms with E-state index in [2.05, 4.69) is 5.10 Å². The Hall–Kier alpha value is -3.81. The number of amides is 2. The van der Waals surface area contributed by atoms with Crippen LogP contribution < -0.4 is 10.1 Å². The predicted octanol–water partition coefficient (Wildman–Crippen LogP) is 3.00. The van der Waals surface area contributed by atoms with Crippen LogP contribution in [0.4, 0.5) is 4.39 Å². The molecule has 2 amide bonds. The van der Waals surface area contributed by atoms with Crippen molar-refractivity contribution in [3.05, 3.63) is 81.8 Å². The van der Waals surface area contributed by atoms with Crippen molar-refractivity contribution in [3.8, 4) is 5.69 Å². The number of aromatic amines is 1. The molecule has 33 heavy (non-hydrogen) atoms. The molecule has 4 rings (SSSR count). The van der Waals surface area contributed by atoms with E-state index >= 15 is 0 Å². The molecule has 0 saturated carbocycles. The third-order valence-corrected chi connectivity index (χ3v) is 5.60. The molecule has 2 aromatic heterocycles. The van der Waals surface area contributed by atoms with E-state index in [1.807, 2.05) is 26.8 Å². The van der Waals surface area contributed by atoms with Gasteiger partial charge in [-0.1, -0.05) is 20.3 Å². The topological polar surface area (TPSA) is 79.1 Å². The highest BCUT2D eigenvalue weighted by Gasteiger charge is 2.47. The minimum Gasteiger partial charge on any atom is -0.294 e. The molecule has 0 atom stereocenters. The van der Waals surface area contributed by atoms with E-state index in [0.717, 1.165) is 12.0 Å². The zero-order chi connectivity index (χ0) is 23.7. The quantitative estimate of drug-likeness (QED) is 0.445. The van der Waals surface area contributed by atoms with Gasteiger partial charge in [0.15, 0.2) is 12.4 Å². The summed E-state index contributed by atoms with van der Waals surface area (Å²) in [7, 11) is 0. The number of carbonyl (C=O) groups is 2. The number of H-pyrrole nitrogens is 1. The largest absolute Gasteiger partial charge is 0.326 e. The normalized spacial score (nSPS) is 14.0. The molecule has 3 aromatic rings. The molecular weight excluding hydrogens is 423 g/mol. The number of aryl methyl sites for hydroxylation is 2. The average molecular weight is 450 g/mol. The minimum absolute atomic E-state index is 0.0922. The molecule has 0 radical (unpaired) electrons. The van der Waals surface area contributed by atoms with Crippen LogP contribution in [0, 0.1) is 12.7 Å². The first-order chi connectivity index (χ1) is 15.9. The number of benzene rings is 1. The Morgan fingerprint density at radius 3 is 2.36 bits per heavy atom. The van der Waals surface area contributed by atoms with Gasteiger partial charge in [0.25, 0.3) is 17.2 Å². The van der Waals surface area contributed by atoms with Gasteiger partial charge in [0.1, 0.15) is 11.4 Å². The van der Waals surface area contributed by atoms with E-state index in [1.54, 1.807) is 23.0 Å². The van der Waals surface area contributed by atoms with Crippen molar-refractivity contribution in [3.63, 3.8) is 0 Å². The molecule has 7 nitrogen and oxygen atoms in total. The lowest BCUT2D eigenvalue weighted by atomic mass is 10.0. The lowest BCUT2D eigenvalue weighted by molar-refractivity contribution is -0.577. The monoisotopic (exact) mass is 449 g/mol. The van der Waals surface area contributed by atoms with Gasteiger partial charge in [-0.2, -0.15) is 4.57 Å². The third-order valence-electron chi connectivity index (χ3n) is 5.60. The lowest BCUT2D eigenvalue weighted by Gasteiger charge is -2.11. The number of hydrogen-bond donors (Lipinski definition) is 1. The smallest absolute Gasteiger partial charge is 0.294 e. The molecule has 0 spiro atoms. The standard InChI is InChI=1S/C25H25FN4O3/c1-4-7-19-20(24(32)30(27-19)18-11-9-17(26)10-12-18)21-22(28-14-6-8-16(3)15-28)25(33)29(13-5-2)23(21)31/h6,8-12,14-15H,4-5,7,13H2,1-3H3/p+1. The molecule has 0 aliphatic carbocycles. The highest BCUT2D eigenvalue weighted by molar-refractivity contribution is 6.44. The van der Waals surface area contributed by atoms with Crippen molar-refractivity contribution in [1.29, 1.82) is 0 Å². The Morgan fingerprint density at radius 2 is 1.73 bits per heavy atom. The van der Waals surface area contributed by atoms with Gasteiger partial charge in [-0.05, 0) is 50.1 Å². The fourth-order valence-electron chi connectivity index (χ4n) is 4.13. The summed E-state index contributed by atoms with van der Waals surface area (Å²) in [6, 6.07) is 9.19. The van der Waals surface area contributed by atoms with Gasteiger partial charge < -0.3 is 0 Å². The van der Waals surface area contributed by atoms with Gasteiger partial charge in [-0.25, -0.2) is 9.07 Å². The first-order valence-corrected chi connectivity index (χ1v) is 11.1. The highest BCUT2D eigenvalue weighted by Crippen LogP contribution is 2.30. The highest BCUT2D eigenvalue weighted by atomic mass is 19.1. The first-order valence-electron chi connectivity index (χ1n) is 11.1. The Labute approximate surface area is 190 Å². The number of rotatable bonds is 7. The first kappa shape index (κ1) is 22.4. The summed E-state index contributed by atoms with van der Waals surface area (Å²) >= 11 is 0. The van der Waals surface area contributed by atoms with E-state index in [1.165, 1.54) is 33.8 Å². The molecule has 0 saturated heterocycles. The maximum atomic E-state index is 13.6. The van der Waals surface area contributed by atoms with Crippen molar-refractivity contribution in [2.45, 2.75) is 40.0 Å². The van der Waals surface area contributed by atoms with Crippen LogP contribution in [0.2, 0.25) is 0 Å². The molecule has 3 heterocycles. The molecular formula is C25H26FN4O3+. The van der Waals surface area contributed by atoms with Gasteiger partial charge in [0.2, 0.25) is 0 Å². The minimum atomic E-state index is -0.481. The van der Waals surface area contributed by atoms with Crippen molar-refractivity contribution in [2.24, 2.45) is 0 Å². The van der Waals surface area contributed by atoms with Crippen molar-refractivity contribution >= 4 is 23.1 Å².